The average Bonchev–Trinajstić information content (AvgIpc) is 2.90. The van der Waals surface area contributed by atoms with E-state index < -0.39 is 63.4 Å². The van der Waals surface area contributed by atoms with Gasteiger partial charge in [-0.3, -0.25) is 9.59 Å². The molecule has 0 aromatic heterocycles. The van der Waals surface area contributed by atoms with Gasteiger partial charge < -0.3 is 15.1 Å². The number of aliphatic hydroxyl groups excluding tert-OH is 1. The molecule has 170 valence electrons. The first-order valence-electron chi connectivity index (χ1n) is 10.7. The maximum atomic E-state index is 17.3. The monoisotopic (exact) mass is 437 g/mol. The third kappa shape index (κ3) is 2.53. The number of alkyl halides is 1. The van der Waals surface area contributed by atoms with Gasteiger partial charge in [-0.2, -0.15) is 0 Å². The fourth-order valence-corrected chi connectivity index (χ4v) is 7.44. The maximum Gasteiger partial charge on any atom is 0.294 e. The Morgan fingerprint density at radius 1 is 1.39 bits per heavy atom. The Hall–Kier alpha value is -2.13. The summed E-state index contributed by atoms with van der Waals surface area (Å²) in [6.45, 7) is 4.11. The fraction of sp³-hybridized carbons (Fsp3) is 0.727. The molecule has 0 radical (unpaired) electrons. The van der Waals surface area contributed by atoms with Crippen molar-refractivity contribution in [3.63, 3.8) is 0 Å². The Balaban J connectivity index is 1.89. The molecule has 9 heteroatoms. The molecular weight excluding hydrogens is 409 g/mol. The zero-order valence-corrected chi connectivity index (χ0v) is 17.8. The topological polar surface area (TPSA) is 127 Å². The van der Waals surface area contributed by atoms with E-state index in [-0.39, 0.29) is 12.2 Å². The second-order valence-electron chi connectivity index (χ2n) is 10.1. The molecule has 0 aliphatic heterocycles. The minimum atomic E-state index is -2.21. The summed E-state index contributed by atoms with van der Waals surface area (Å²) in [7, 11) is 0. The highest BCUT2D eigenvalue weighted by Gasteiger charge is 2.76. The number of Topliss-reactive ketones (excluding diaryl/α,β-unsaturated/α-hetero) is 1. The van der Waals surface area contributed by atoms with Crippen LogP contribution in [0, 0.1) is 38.7 Å². The van der Waals surface area contributed by atoms with Crippen LogP contribution >= 0.6 is 0 Å². The lowest BCUT2D eigenvalue weighted by atomic mass is 9.44. The van der Waals surface area contributed by atoms with E-state index in [1.54, 1.807) is 20.8 Å². The van der Waals surface area contributed by atoms with Crippen LogP contribution in [0.1, 0.15) is 46.5 Å². The molecule has 3 fully saturated rings. The average molecular weight is 437 g/mol. The van der Waals surface area contributed by atoms with Crippen molar-refractivity contribution in [2.24, 2.45) is 28.6 Å². The SMILES string of the molecule is CC1C[C@H]2[C@@H]3CCC4=CC(=O)C=C[C@]4(C)[C@@]3(F)C(O[N+](=O)[O-])C[C@]2(C)[C@@]1(O)C(=O)CO. The summed E-state index contributed by atoms with van der Waals surface area (Å²) in [5, 5.41) is 31.4. The van der Waals surface area contributed by atoms with E-state index >= 15 is 4.39 Å². The van der Waals surface area contributed by atoms with Gasteiger partial charge in [-0.25, -0.2) is 4.39 Å². The summed E-state index contributed by atoms with van der Waals surface area (Å²) in [6.07, 6.45) is 3.45. The number of allylic oxidation sites excluding steroid dienone is 4. The van der Waals surface area contributed by atoms with Gasteiger partial charge in [-0.15, -0.1) is 10.1 Å². The molecule has 2 N–H and O–H groups in total. The first-order chi connectivity index (χ1) is 14.4. The Morgan fingerprint density at radius 2 is 2.06 bits per heavy atom. The van der Waals surface area contributed by atoms with Crippen LogP contribution in [0.2, 0.25) is 0 Å². The number of carbonyl (C=O) groups excluding carboxylic acids is 2. The quantitative estimate of drug-likeness (QED) is 0.509. The van der Waals surface area contributed by atoms with Crippen molar-refractivity contribution in [3.8, 4) is 0 Å². The molecule has 8 atom stereocenters. The zero-order chi connectivity index (χ0) is 23.0. The first-order valence-corrected chi connectivity index (χ1v) is 10.7. The lowest BCUT2D eigenvalue weighted by Gasteiger charge is -2.62. The molecule has 8 nitrogen and oxygen atoms in total. The number of rotatable bonds is 4. The molecule has 0 heterocycles. The molecule has 31 heavy (non-hydrogen) atoms. The Kier molecular flexibility index (Phi) is 4.76. The van der Waals surface area contributed by atoms with E-state index in [4.69, 9.17) is 4.84 Å². The Morgan fingerprint density at radius 3 is 2.68 bits per heavy atom. The molecule has 0 bridgehead atoms. The van der Waals surface area contributed by atoms with E-state index in [9.17, 15) is 29.9 Å². The van der Waals surface area contributed by atoms with Crippen LogP contribution in [0.4, 0.5) is 4.39 Å². The number of hydrogen-bond acceptors (Lipinski definition) is 7. The van der Waals surface area contributed by atoms with Crippen LogP contribution in [0.3, 0.4) is 0 Å². The van der Waals surface area contributed by atoms with E-state index in [0.717, 1.165) is 0 Å². The Bertz CT molecular complexity index is 918. The third-order valence-corrected chi connectivity index (χ3v) is 8.98. The van der Waals surface area contributed by atoms with Crippen LogP contribution in [0.15, 0.2) is 23.8 Å². The highest BCUT2D eigenvalue weighted by Crippen LogP contribution is 2.71. The molecule has 2 unspecified atom stereocenters. The van der Waals surface area contributed by atoms with Crippen molar-refractivity contribution in [3.05, 3.63) is 33.9 Å². The molecule has 4 aliphatic rings. The molecule has 0 amide bonds. The third-order valence-electron chi connectivity index (χ3n) is 8.98. The number of aliphatic hydroxyl groups is 2. The van der Waals surface area contributed by atoms with Crippen LogP contribution in [-0.2, 0) is 14.4 Å². The van der Waals surface area contributed by atoms with E-state index in [1.807, 2.05) is 0 Å². The van der Waals surface area contributed by atoms with Gasteiger partial charge in [0.2, 0.25) is 0 Å². The number of halogens is 1. The lowest BCUT2D eigenvalue weighted by Crippen LogP contribution is -2.70. The van der Waals surface area contributed by atoms with Gasteiger partial charge in [0, 0.05) is 16.7 Å². The van der Waals surface area contributed by atoms with Crippen molar-refractivity contribution in [2.45, 2.75) is 63.8 Å². The number of nitrogens with zero attached hydrogens (tertiary/aromatic N) is 1. The van der Waals surface area contributed by atoms with Crippen molar-refractivity contribution < 1.29 is 34.1 Å². The number of carbonyl (C=O) groups is 2. The minimum Gasteiger partial charge on any atom is -0.388 e. The van der Waals surface area contributed by atoms with Gasteiger partial charge in [0.1, 0.15) is 18.3 Å². The highest BCUT2D eigenvalue weighted by molar-refractivity contribution is 6.01. The summed E-state index contributed by atoms with van der Waals surface area (Å²) in [6, 6.07) is 0. The summed E-state index contributed by atoms with van der Waals surface area (Å²) in [5.41, 5.74) is -6.07. The molecule has 0 aromatic carbocycles. The van der Waals surface area contributed by atoms with E-state index in [2.05, 4.69) is 0 Å². The van der Waals surface area contributed by atoms with Crippen molar-refractivity contribution in [1.29, 1.82) is 0 Å². The smallest absolute Gasteiger partial charge is 0.294 e. The molecule has 4 rings (SSSR count). The van der Waals surface area contributed by atoms with Crippen molar-refractivity contribution in [2.75, 3.05) is 6.61 Å². The van der Waals surface area contributed by atoms with Crippen LogP contribution < -0.4 is 0 Å². The van der Waals surface area contributed by atoms with Crippen LogP contribution in [-0.4, -0.2) is 50.8 Å². The highest BCUT2D eigenvalue weighted by atomic mass is 19.1. The first kappa shape index (κ1) is 22.1. The van der Waals surface area contributed by atoms with Crippen molar-refractivity contribution >= 4 is 11.6 Å². The standard InChI is InChI=1S/C22H28FNO7/c1-12-8-16-15-5-4-13-9-14(26)6-7-19(13,2)21(15,23)18(31-24(29)30)10-20(16,3)22(12,28)17(27)11-25/h6-7,9,12,15-16,18,25,28H,4-5,8,10-11H2,1-3H3/t12?,15-,16-,18?,19-,20-,21-,22-/m0/s1. The summed E-state index contributed by atoms with van der Waals surface area (Å²) in [4.78, 5) is 40.9. The largest absolute Gasteiger partial charge is 0.388 e. The van der Waals surface area contributed by atoms with Crippen molar-refractivity contribution in [1.82, 2.24) is 0 Å². The maximum absolute atomic E-state index is 17.3. The van der Waals surface area contributed by atoms with Gasteiger partial charge in [0.15, 0.2) is 17.2 Å². The minimum absolute atomic E-state index is 0.251. The molecular formula is C22H28FNO7. The molecule has 0 aromatic rings. The zero-order valence-electron chi connectivity index (χ0n) is 17.8. The predicted molar refractivity (Wildman–Crippen MR) is 106 cm³/mol. The molecule has 4 aliphatic carbocycles. The summed E-state index contributed by atoms with van der Waals surface area (Å²) < 4.78 is 17.3. The number of hydrogen-bond donors (Lipinski definition) is 2. The summed E-state index contributed by atoms with van der Waals surface area (Å²) >= 11 is 0. The van der Waals surface area contributed by atoms with Gasteiger partial charge in [-0.05, 0) is 56.6 Å². The van der Waals surface area contributed by atoms with Crippen LogP contribution in [0.25, 0.3) is 0 Å². The molecule has 0 spiro atoms. The fourth-order valence-electron chi connectivity index (χ4n) is 7.44. The van der Waals surface area contributed by atoms with Gasteiger partial charge in [0.25, 0.3) is 5.09 Å². The van der Waals surface area contributed by atoms with E-state index in [1.165, 1.54) is 18.2 Å². The van der Waals surface area contributed by atoms with Gasteiger partial charge >= 0.3 is 0 Å². The molecule has 0 saturated heterocycles. The summed E-state index contributed by atoms with van der Waals surface area (Å²) in [5.74, 6) is -2.77. The lowest BCUT2D eigenvalue weighted by molar-refractivity contribution is -0.775. The second-order valence-corrected chi connectivity index (χ2v) is 10.1. The molecule has 3 saturated carbocycles. The number of fused-ring (bicyclic) bond motifs is 5. The predicted octanol–water partition coefficient (Wildman–Crippen LogP) is 2.11. The van der Waals surface area contributed by atoms with Gasteiger partial charge in [0.05, 0.1) is 0 Å². The normalized spacial score (nSPS) is 48.3. The van der Waals surface area contributed by atoms with E-state index in [0.29, 0.717) is 24.8 Å². The number of ketones is 2. The van der Waals surface area contributed by atoms with Crippen LogP contribution in [0.5, 0.6) is 0 Å². The Labute approximate surface area is 179 Å². The second kappa shape index (κ2) is 6.68. The van der Waals surface area contributed by atoms with Gasteiger partial charge in [-0.1, -0.05) is 25.5 Å².